The molecule has 0 amide bonds. The van der Waals surface area contributed by atoms with Crippen molar-refractivity contribution in [3.8, 4) is 0 Å². The number of hydrogen-bond acceptors (Lipinski definition) is 5. The van der Waals surface area contributed by atoms with Crippen molar-refractivity contribution in [3.05, 3.63) is 11.9 Å². The first kappa shape index (κ1) is 17.1. The van der Waals surface area contributed by atoms with Crippen LogP contribution >= 0.6 is 0 Å². The highest BCUT2D eigenvalue weighted by molar-refractivity contribution is 4.91. The van der Waals surface area contributed by atoms with Crippen LogP contribution in [0.2, 0.25) is 0 Å². The largest absolute Gasteiger partial charge is 0.377 e. The summed E-state index contributed by atoms with van der Waals surface area (Å²) in [6.07, 6.45) is 2.31. The number of rotatable bonds is 10. The van der Waals surface area contributed by atoms with Gasteiger partial charge >= 0.3 is 0 Å². The molecule has 0 aliphatic carbocycles. The van der Waals surface area contributed by atoms with Crippen molar-refractivity contribution >= 4 is 0 Å². The monoisotopic (exact) mass is 283 g/mol. The van der Waals surface area contributed by atoms with Gasteiger partial charge in [0.15, 0.2) is 0 Å². The van der Waals surface area contributed by atoms with Crippen LogP contribution in [0.3, 0.4) is 0 Å². The van der Waals surface area contributed by atoms with Gasteiger partial charge in [0, 0.05) is 31.9 Å². The molecule has 1 aromatic heterocycles. The maximum atomic E-state index is 5.54. The van der Waals surface area contributed by atoms with Crippen molar-refractivity contribution in [1.82, 2.24) is 25.2 Å². The molecule has 20 heavy (non-hydrogen) atoms. The van der Waals surface area contributed by atoms with Crippen LogP contribution in [0.15, 0.2) is 6.20 Å². The van der Waals surface area contributed by atoms with E-state index in [1.54, 1.807) is 0 Å². The van der Waals surface area contributed by atoms with Crippen LogP contribution in [0.25, 0.3) is 0 Å². The van der Waals surface area contributed by atoms with E-state index in [9.17, 15) is 0 Å². The second kappa shape index (κ2) is 9.05. The van der Waals surface area contributed by atoms with E-state index in [1.165, 1.54) is 0 Å². The molecule has 0 atom stereocenters. The zero-order valence-electron chi connectivity index (χ0n) is 13.5. The Morgan fingerprint density at radius 3 is 2.70 bits per heavy atom. The summed E-state index contributed by atoms with van der Waals surface area (Å²) in [7, 11) is 2.10. The Kier molecular flexibility index (Phi) is 7.72. The molecule has 6 nitrogen and oxygen atoms in total. The minimum Gasteiger partial charge on any atom is -0.377 e. The smallest absolute Gasteiger partial charge is 0.0964 e. The van der Waals surface area contributed by atoms with Crippen molar-refractivity contribution in [1.29, 1.82) is 0 Å². The van der Waals surface area contributed by atoms with Gasteiger partial charge in [-0.1, -0.05) is 19.1 Å². The molecule has 1 rings (SSSR count). The van der Waals surface area contributed by atoms with Gasteiger partial charge in [-0.3, -0.25) is 4.68 Å². The van der Waals surface area contributed by atoms with Crippen LogP contribution in [0.1, 0.15) is 33.4 Å². The molecule has 0 saturated carbocycles. The summed E-state index contributed by atoms with van der Waals surface area (Å²) in [4.78, 5) is 2.25. The zero-order chi connectivity index (χ0) is 15.0. The van der Waals surface area contributed by atoms with E-state index in [4.69, 9.17) is 4.74 Å². The lowest BCUT2D eigenvalue weighted by atomic mass is 10.3. The van der Waals surface area contributed by atoms with E-state index in [0.717, 1.165) is 38.5 Å². The maximum absolute atomic E-state index is 5.54. The van der Waals surface area contributed by atoms with E-state index in [2.05, 4.69) is 55.3 Å². The quantitative estimate of drug-likeness (QED) is 0.698. The molecule has 1 aromatic rings. The number of nitrogens with zero attached hydrogens (tertiary/aromatic N) is 4. The Morgan fingerprint density at radius 1 is 1.30 bits per heavy atom. The summed E-state index contributed by atoms with van der Waals surface area (Å²) in [6.45, 7) is 12.6. The SMILES string of the molecule is CC(C)NCc1cn(CCN(C)CCOC(C)C)nn1. The number of ether oxygens (including phenoxy) is 1. The zero-order valence-corrected chi connectivity index (χ0v) is 13.5. The van der Waals surface area contributed by atoms with Gasteiger partial charge in [-0.05, 0) is 20.9 Å². The third kappa shape index (κ3) is 7.57. The fourth-order valence-electron chi connectivity index (χ4n) is 1.67. The van der Waals surface area contributed by atoms with Gasteiger partial charge in [0.2, 0.25) is 0 Å². The second-order valence-corrected chi connectivity index (χ2v) is 5.73. The Hall–Kier alpha value is -0.980. The van der Waals surface area contributed by atoms with E-state index in [-0.39, 0.29) is 0 Å². The summed E-state index contributed by atoms with van der Waals surface area (Å²) in [6, 6.07) is 0.465. The minimum atomic E-state index is 0.301. The molecular weight excluding hydrogens is 254 g/mol. The number of hydrogen-bond donors (Lipinski definition) is 1. The standard InChI is InChI=1S/C14H29N5O/c1-12(2)15-10-14-11-19(17-16-14)7-6-18(5)8-9-20-13(3)4/h11-13,15H,6-10H2,1-5H3. The van der Waals surface area contributed by atoms with Gasteiger partial charge in [0.05, 0.1) is 24.9 Å². The Balaban J connectivity index is 2.21. The van der Waals surface area contributed by atoms with Crippen LogP contribution in [0.4, 0.5) is 0 Å². The lowest BCUT2D eigenvalue weighted by molar-refractivity contribution is 0.0631. The first-order valence-corrected chi connectivity index (χ1v) is 7.40. The van der Waals surface area contributed by atoms with Gasteiger partial charge in [0.1, 0.15) is 0 Å². The summed E-state index contributed by atoms with van der Waals surface area (Å²) < 4.78 is 7.44. The van der Waals surface area contributed by atoms with Crippen molar-refractivity contribution in [2.75, 3.05) is 26.7 Å². The summed E-state index contributed by atoms with van der Waals surface area (Å²) in [5.74, 6) is 0. The van der Waals surface area contributed by atoms with Gasteiger partial charge in [0.25, 0.3) is 0 Å². The van der Waals surface area contributed by atoms with Crippen molar-refractivity contribution < 1.29 is 4.74 Å². The normalized spacial score (nSPS) is 12.0. The van der Waals surface area contributed by atoms with Gasteiger partial charge in [-0.15, -0.1) is 5.10 Å². The van der Waals surface area contributed by atoms with E-state index < -0.39 is 0 Å². The average molecular weight is 283 g/mol. The maximum Gasteiger partial charge on any atom is 0.0964 e. The molecule has 1 N–H and O–H groups in total. The Morgan fingerprint density at radius 2 is 2.05 bits per heavy atom. The fourth-order valence-corrected chi connectivity index (χ4v) is 1.67. The molecule has 0 fully saturated rings. The molecule has 116 valence electrons. The van der Waals surface area contributed by atoms with Crippen molar-refractivity contribution in [2.45, 2.75) is 52.9 Å². The Labute approximate surface area is 122 Å². The molecule has 0 unspecified atom stereocenters. The lowest BCUT2D eigenvalue weighted by Crippen LogP contribution is -2.28. The molecule has 0 spiro atoms. The highest BCUT2D eigenvalue weighted by atomic mass is 16.5. The third-order valence-corrected chi connectivity index (χ3v) is 2.91. The fraction of sp³-hybridized carbons (Fsp3) is 0.857. The van der Waals surface area contributed by atoms with E-state index in [1.807, 2.05) is 10.9 Å². The van der Waals surface area contributed by atoms with Crippen LogP contribution in [-0.4, -0.2) is 58.8 Å². The minimum absolute atomic E-state index is 0.301. The molecule has 0 aromatic carbocycles. The average Bonchev–Trinajstić information content (AvgIpc) is 2.81. The summed E-state index contributed by atoms with van der Waals surface area (Å²) in [5, 5.41) is 11.6. The highest BCUT2D eigenvalue weighted by Crippen LogP contribution is 1.95. The topological polar surface area (TPSA) is 55.2 Å². The molecular formula is C14H29N5O. The van der Waals surface area contributed by atoms with Crippen molar-refractivity contribution in [2.24, 2.45) is 0 Å². The van der Waals surface area contributed by atoms with Gasteiger partial charge in [-0.2, -0.15) is 0 Å². The van der Waals surface area contributed by atoms with Gasteiger partial charge < -0.3 is 15.0 Å². The summed E-state index contributed by atoms with van der Waals surface area (Å²) >= 11 is 0. The molecule has 0 saturated heterocycles. The summed E-state index contributed by atoms with van der Waals surface area (Å²) in [5.41, 5.74) is 0.990. The first-order valence-electron chi connectivity index (χ1n) is 7.40. The number of likely N-dealkylation sites (N-methyl/N-ethyl adjacent to an activating group) is 1. The van der Waals surface area contributed by atoms with E-state index >= 15 is 0 Å². The predicted octanol–water partition coefficient (Wildman–Crippen LogP) is 1.13. The van der Waals surface area contributed by atoms with Crippen LogP contribution in [-0.2, 0) is 17.8 Å². The third-order valence-electron chi connectivity index (χ3n) is 2.91. The second-order valence-electron chi connectivity index (χ2n) is 5.73. The lowest BCUT2D eigenvalue weighted by Gasteiger charge is -2.17. The van der Waals surface area contributed by atoms with Gasteiger partial charge in [-0.25, -0.2) is 0 Å². The van der Waals surface area contributed by atoms with E-state index in [0.29, 0.717) is 12.1 Å². The van der Waals surface area contributed by atoms with Crippen LogP contribution in [0.5, 0.6) is 0 Å². The molecule has 6 heteroatoms. The Bertz CT molecular complexity index is 364. The predicted molar refractivity (Wildman–Crippen MR) is 80.6 cm³/mol. The molecule has 0 radical (unpaired) electrons. The van der Waals surface area contributed by atoms with Crippen molar-refractivity contribution in [3.63, 3.8) is 0 Å². The van der Waals surface area contributed by atoms with Crippen LogP contribution in [0, 0.1) is 0 Å². The molecule has 0 bridgehead atoms. The molecule has 0 aliphatic rings. The molecule has 1 heterocycles. The number of nitrogens with one attached hydrogen (secondary N) is 1. The highest BCUT2D eigenvalue weighted by Gasteiger charge is 2.04. The number of aromatic nitrogens is 3. The first-order chi connectivity index (χ1) is 9.47. The van der Waals surface area contributed by atoms with Crippen LogP contribution < -0.4 is 5.32 Å². The molecule has 0 aliphatic heterocycles.